The summed E-state index contributed by atoms with van der Waals surface area (Å²) in [4.78, 5) is 30.1. The number of hydrogen-bond acceptors (Lipinski definition) is 4. The highest BCUT2D eigenvalue weighted by Gasteiger charge is 2.55. The molecule has 7 nitrogen and oxygen atoms in total. The number of rotatable bonds is 6. The van der Waals surface area contributed by atoms with E-state index in [9.17, 15) is 14.7 Å². The summed E-state index contributed by atoms with van der Waals surface area (Å²) < 4.78 is 7.60. The first-order valence-corrected chi connectivity index (χ1v) is 12.3. The van der Waals surface area contributed by atoms with Crippen LogP contribution in [0.4, 0.5) is 0 Å². The predicted octanol–water partition coefficient (Wildman–Crippen LogP) is 2.74. The molecule has 2 amide bonds. The topological polar surface area (TPSA) is 75.0 Å². The van der Waals surface area contributed by atoms with Gasteiger partial charge in [0, 0.05) is 56.7 Å². The first kappa shape index (κ1) is 21.0. The maximum Gasteiger partial charge on any atom is 0.223 e. The van der Waals surface area contributed by atoms with Crippen LogP contribution in [-0.2, 0) is 22.1 Å². The molecule has 1 saturated heterocycles. The Morgan fingerprint density at radius 2 is 1.73 bits per heavy atom. The van der Waals surface area contributed by atoms with Crippen molar-refractivity contribution >= 4 is 22.7 Å². The van der Waals surface area contributed by atoms with Gasteiger partial charge in [0.05, 0.1) is 30.7 Å². The third-order valence-corrected chi connectivity index (χ3v) is 8.30. The molecule has 3 fully saturated rings. The summed E-state index contributed by atoms with van der Waals surface area (Å²) in [5.74, 6) is 2.21. The van der Waals surface area contributed by atoms with Gasteiger partial charge in [-0.3, -0.25) is 9.59 Å². The van der Waals surface area contributed by atoms with Crippen LogP contribution in [0, 0.1) is 11.8 Å². The summed E-state index contributed by atoms with van der Waals surface area (Å²) in [5, 5.41) is 11.6. The number of aryl methyl sites for hydroxylation is 1. The van der Waals surface area contributed by atoms with E-state index in [4.69, 9.17) is 4.74 Å². The Kier molecular flexibility index (Phi) is 4.77. The van der Waals surface area contributed by atoms with E-state index in [2.05, 4.69) is 10.6 Å². The van der Waals surface area contributed by atoms with Crippen molar-refractivity contribution in [2.75, 3.05) is 33.4 Å². The second kappa shape index (κ2) is 7.49. The lowest BCUT2D eigenvalue weighted by atomic mass is 9.68. The number of likely N-dealkylation sites (tertiary alicyclic amines) is 1. The minimum atomic E-state index is -0.364. The number of aromatic nitrogens is 1. The van der Waals surface area contributed by atoms with Crippen LogP contribution in [0.3, 0.4) is 0 Å². The minimum absolute atomic E-state index is 0.106. The van der Waals surface area contributed by atoms with Crippen molar-refractivity contribution in [2.45, 2.75) is 50.0 Å². The van der Waals surface area contributed by atoms with E-state index in [1.54, 1.807) is 7.11 Å². The summed E-state index contributed by atoms with van der Waals surface area (Å²) in [6, 6.07) is 5.74. The van der Waals surface area contributed by atoms with Crippen LogP contribution in [0.2, 0.25) is 0 Å². The Morgan fingerprint density at radius 3 is 2.33 bits per heavy atom. The summed E-state index contributed by atoms with van der Waals surface area (Å²) >= 11 is 0. The van der Waals surface area contributed by atoms with Crippen LogP contribution >= 0.6 is 0 Å². The quantitative estimate of drug-likeness (QED) is 0.733. The lowest BCUT2D eigenvalue weighted by molar-refractivity contribution is -0.145. The highest BCUT2D eigenvalue weighted by Crippen LogP contribution is 2.50. The van der Waals surface area contributed by atoms with Gasteiger partial charge >= 0.3 is 0 Å². The van der Waals surface area contributed by atoms with Crippen LogP contribution in [0.15, 0.2) is 18.2 Å². The first-order valence-electron chi connectivity index (χ1n) is 12.3. The van der Waals surface area contributed by atoms with Crippen LogP contribution in [0.1, 0.15) is 55.8 Å². The average molecular weight is 452 g/mol. The summed E-state index contributed by atoms with van der Waals surface area (Å²) in [7, 11) is 3.68. The molecule has 7 heteroatoms. The normalized spacial score (nSPS) is 23.5. The molecule has 0 unspecified atom stereocenters. The molecule has 0 radical (unpaired) electrons. The summed E-state index contributed by atoms with van der Waals surface area (Å²) in [6.45, 7) is 1.74. The van der Waals surface area contributed by atoms with Gasteiger partial charge in [-0.25, -0.2) is 0 Å². The third-order valence-electron chi connectivity index (χ3n) is 8.30. The zero-order valence-electron chi connectivity index (χ0n) is 19.5. The van der Waals surface area contributed by atoms with Crippen molar-refractivity contribution in [1.82, 2.24) is 14.4 Å². The lowest BCUT2D eigenvalue weighted by Crippen LogP contribution is -2.68. The number of carbonyl (C=O) groups is 2. The molecule has 176 valence electrons. The summed E-state index contributed by atoms with van der Waals surface area (Å²) in [5.41, 5.74) is 2.96. The number of fused-ring (bicyclic) bond motifs is 4. The predicted molar refractivity (Wildman–Crippen MR) is 124 cm³/mol. The first-order chi connectivity index (χ1) is 15.9. The second-order valence-corrected chi connectivity index (χ2v) is 10.7. The van der Waals surface area contributed by atoms with Crippen LogP contribution < -0.4 is 4.74 Å². The Morgan fingerprint density at radius 1 is 1.06 bits per heavy atom. The Bertz CT molecular complexity index is 1120. The largest absolute Gasteiger partial charge is 0.497 e. The number of aliphatic hydroxyl groups excluding tert-OH is 1. The highest BCUT2D eigenvalue weighted by molar-refractivity contribution is 5.90. The molecule has 1 aromatic heterocycles. The Labute approximate surface area is 194 Å². The van der Waals surface area contributed by atoms with Crippen molar-refractivity contribution in [3.63, 3.8) is 0 Å². The molecule has 4 aliphatic rings. The molecule has 33 heavy (non-hydrogen) atoms. The number of benzene rings is 1. The maximum atomic E-state index is 13.4. The number of ether oxygens (including phenoxy) is 1. The van der Waals surface area contributed by atoms with Crippen molar-refractivity contribution in [2.24, 2.45) is 18.9 Å². The van der Waals surface area contributed by atoms with E-state index in [-0.39, 0.29) is 29.9 Å². The van der Waals surface area contributed by atoms with E-state index in [1.807, 2.05) is 29.0 Å². The van der Waals surface area contributed by atoms with E-state index < -0.39 is 0 Å². The van der Waals surface area contributed by atoms with Crippen molar-refractivity contribution in [3.05, 3.63) is 29.5 Å². The average Bonchev–Trinajstić information content (AvgIpc) is 3.72. The molecule has 1 N–H and O–H groups in total. The van der Waals surface area contributed by atoms with Crippen molar-refractivity contribution < 1.29 is 19.4 Å². The molecule has 6 rings (SSSR count). The lowest BCUT2D eigenvalue weighted by Gasteiger charge is -2.56. The number of methoxy groups -OCH3 is 1. The third kappa shape index (κ3) is 3.35. The van der Waals surface area contributed by atoms with Crippen LogP contribution in [0.5, 0.6) is 5.75 Å². The van der Waals surface area contributed by atoms with Gasteiger partial charge in [-0.1, -0.05) is 0 Å². The van der Waals surface area contributed by atoms with Gasteiger partial charge in [0.2, 0.25) is 11.8 Å². The molecule has 0 bridgehead atoms. The fourth-order valence-corrected chi connectivity index (χ4v) is 6.12. The number of nitrogens with zero attached hydrogens (tertiary/aromatic N) is 3. The van der Waals surface area contributed by atoms with E-state index in [0.29, 0.717) is 44.3 Å². The molecule has 1 atom stereocenters. The molecule has 2 saturated carbocycles. The monoisotopic (exact) mass is 451 g/mol. The number of hydrogen-bond donors (Lipinski definition) is 1. The molecule has 2 aliphatic heterocycles. The minimum Gasteiger partial charge on any atom is -0.497 e. The van der Waals surface area contributed by atoms with Gasteiger partial charge in [0.15, 0.2) is 0 Å². The van der Waals surface area contributed by atoms with Crippen LogP contribution in [-0.4, -0.2) is 64.6 Å². The molecule has 2 aromatic rings. The molecule has 1 aromatic carbocycles. The molecule has 3 heterocycles. The molecular formula is C26H33N3O4. The summed E-state index contributed by atoms with van der Waals surface area (Å²) in [6.07, 6.45) is 5.79. The zero-order valence-corrected chi connectivity index (χ0v) is 19.5. The van der Waals surface area contributed by atoms with Gasteiger partial charge < -0.3 is 24.2 Å². The highest BCUT2D eigenvalue weighted by atomic mass is 16.5. The van der Waals surface area contributed by atoms with Gasteiger partial charge in [-0.2, -0.15) is 0 Å². The fraction of sp³-hybridized carbons (Fsp3) is 0.615. The second-order valence-electron chi connectivity index (χ2n) is 10.7. The number of aliphatic hydroxyl groups is 1. The van der Waals surface area contributed by atoms with Crippen LogP contribution in [0.25, 0.3) is 10.9 Å². The maximum absolute atomic E-state index is 13.4. The van der Waals surface area contributed by atoms with E-state index in [0.717, 1.165) is 35.2 Å². The van der Waals surface area contributed by atoms with E-state index >= 15 is 0 Å². The van der Waals surface area contributed by atoms with E-state index in [1.165, 1.54) is 18.4 Å². The number of amides is 2. The van der Waals surface area contributed by atoms with Crippen molar-refractivity contribution in [1.29, 1.82) is 0 Å². The molecule has 1 spiro atoms. The standard InChI is InChI=1S/C26H33N3O4/c1-27-20-11-18(33-2)7-8-19(20)24-25(27)21(12-30)29(23(32)10-17-5-6-17)15-26(24)13-28(14-26)22(31)9-16-3-4-16/h7-8,11,16-17,21,30H,3-6,9-10,12-15H2,1-2H3/t21-/m0/s1. The SMILES string of the molecule is COc1ccc2c3c(n(C)c2c1)[C@H](CO)N(C(=O)CC1CC1)CC31CN(C(=O)CC2CC2)C1. The smallest absolute Gasteiger partial charge is 0.223 e. The Hall–Kier alpha value is -2.54. The van der Waals surface area contributed by atoms with Gasteiger partial charge in [0.25, 0.3) is 0 Å². The Balaban J connectivity index is 1.43. The molecule has 2 aliphatic carbocycles. The zero-order chi connectivity index (χ0) is 22.9. The van der Waals surface area contributed by atoms with Crippen molar-refractivity contribution in [3.8, 4) is 5.75 Å². The van der Waals surface area contributed by atoms with Gasteiger partial charge in [0.1, 0.15) is 5.75 Å². The van der Waals surface area contributed by atoms with Gasteiger partial charge in [-0.15, -0.1) is 0 Å². The number of carbonyl (C=O) groups excluding carboxylic acids is 2. The van der Waals surface area contributed by atoms with Gasteiger partial charge in [-0.05, 0) is 55.2 Å². The molecular weight excluding hydrogens is 418 g/mol. The fourth-order valence-electron chi connectivity index (χ4n) is 6.12.